The summed E-state index contributed by atoms with van der Waals surface area (Å²) < 4.78 is 3.33. The summed E-state index contributed by atoms with van der Waals surface area (Å²) in [7, 11) is 0. The monoisotopic (exact) mass is 259 g/mol. The second-order valence-corrected chi connectivity index (χ2v) is 5.74. The van der Waals surface area contributed by atoms with Crippen LogP contribution < -0.4 is 5.32 Å². The predicted octanol–water partition coefficient (Wildman–Crippen LogP) is 2.04. The van der Waals surface area contributed by atoms with Crippen LogP contribution in [0.4, 0.5) is 0 Å². The summed E-state index contributed by atoms with van der Waals surface area (Å²) in [6.07, 6.45) is 2.91. The van der Waals surface area contributed by atoms with E-state index in [1.807, 2.05) is 0 Å². The van der Waals surface area contributed by atoms with Crippen molar-refractivity contribution in [1.82, 2.24) is 5.32 Å². The maximum atomic E-state index is 11.4. The molecule has 0 aliphatic carbocycles. The van der Waals surface area contributed by atoms with Crippen molar-refractivity contribution in [2.45, 2.75) is 29.1 Å². The van der Waals surface area contributed by atoms with Crippen LogP contribution in [-0.4, -0.2) is 29.0 Å². The van der Waals surface area contributed by atoms with E-state index in [4.69, 9.17) is 39.5 Å². The Labute approximate surface area is 98.0 Å². The molecule has 1 heterocycles. The first-order chi connectivity index (χ1) is 6.49. The molecular formula is C8H12Cl3NO2. The fourth-order valence-corrected chi connectivity index (χ4v) is 1.47. The Morgan fingerprint density at radius 2 is 2.14 bits per heavy atom. The van der Waals surface area contributed by atoms with E-state index >= 15 is 0 Å². The molecule has 0 aromatic rings. The standard InChI is InChI=1S/C8H12Cl3NO2/c9-8(10,11)5-14-7(13)6-3-1-2-4-12-6/h6,12H,1-5H2. The number of carbonyl (C=O) groups excluding carboxylic acids is 1. The van der Waals surface area contributed by atoms with Crippen molar-refractivity contribution in [3.8, 4) is 0 Å². The number of carbonyl (C=O) groups is 1. The van der Waals surface area contributed by atoms with Gasteiger partial charge in [-0.25, -0.2) is 0 Å². The van der Waals surface area contributed by atoms with Gasteiger partial charge in [-0.15, -0.1) is 0 Å². The predicted molar refractivity (Wildman–Crippen MR) is 56.9 cm³/mol. The Balaban J connectivity index is 2.27. The lowest BCUT2D eigenvalue weighted by molar-refractivity contribution is -0.146. The molecule has 14 heavy (non-hydrogen) atoms. The van der Waals surface area contributed by atoms with E-state index in [-0.39, 0.29) is 18.6 Å². The van der Waals surface area contributed by atoms with Crippen LogP contribution in [0.5, 0.6) is 0 Å². The smallest absolute Gasteiger partial charge is 0.323 e. The highest BCUT2D eigenvalue weighted by molar-refractivity contribution is 6.67. The first-order valence-electron chi connectivity index (χ1n) is 4.46. The molecule has 0 amide bonds. The summed E-state index contributed by atoms with van der Waals surface area (Å²) in [5, 5.41) is 3.05. The minimum atomic E-state index is -1.52. The maximum absolute atomic E-state index is 11.4. The van der Waals surface area contributed by atoms with Crippen LogP contribution in [0.2, 0.25) is 0 Å². The molecule has 1 atom stereocenters. The Morgan fingerprint density at radius 3 is 2.64 bits per heavy atom. The van der Waals surface area contributed by atoms with Gasteiger partial charge in [-0.2, -0.15) is 0 Å². The molecule has 0 spiro atoms. The second kappa shape index (κ2) is 5.40. The van der Waals surface area contributed by atoms with Gasteiger partial charge in [0.2, 0.25) is 3.79 Å². The summed E-state index contributed by atoms with van der Waals surface area (Å²) in [5.41, 5.74) is 0. The highest BCUT2D eigenvalue weighted by atomic mass is 35.6. The van der Waals surface area contributed by atoms with Crippen LogP contribution in [-0.2, 0) is 9.53 Å². The lowest BCUT2D eigenvalue weighted by Crippen LogP contribution is -2.42. The van der Waals surface area contributed by atoms with Crippen LogP contribution in [0.3, 0.4) is 0 Å². The third-order valence-electron chi connectivity index (χ3n) is 1.97. The van der Waals surface area contributed by atoms with E-state index in [1.165, 1.54) is 0 Å². The number of nitrogens with one attached hydrogen (secondary N) is 1. The summed E-state index contributed by atoms with van der Waals surface area (Å²) in [4.78, 5) is 11.4. The van der Waals surface area contributed by atoms with E-state index in [0.717, 1.165) is 25.8 Å². The number of halogens is 3. The molecule has 3 nitrogen and oxygen atoms in total. The Morgan fingerprint density at radius 1 is 1.43 bits per heavy atom. The molecule has 1 aliphatic rings. The van der Waals surface area contributed by atoms with Crippen LogP contribution >= 0.6 is 34.8 Å². The fourth-order valence-electron chi connectivity index (χ4n) is 1.31. The molecule has 1 N–H and O–H groups in total. The van der Waals surface area contributed by atoms with Gasteiger partial charge in [0.1, 0.15) is 12.6 Å². The van der Waals surface area contributed by atoms with Gasteiger partial charge in [0.15, 0.2) is 0 Å². The summed E-state index contributed by atoms with van der Waals surface area (Å²) >= 11 is 16.3. The first-order valence-corrected chi connectivity index (χ1v) is 5.59. The molecule has 1 unspecified atom stereocenters. The SMILES string of the molecule is O=C(OCC(Cl)(Cl)Cl)C1CCCCN1. The van der Waals surface area contributed by atoms with Gasteiger partial charge in [0.25, 0.3) is 0 Å². The van der Waals surface area contributed by atoms with Crippen LogP contribution in [0, 0.1) is 0 Å². The Bertz CT molecular complexity index is 199. The zero-order valence-corrected chi connectivity index (χ0v) is 9.83. The minimum absolute atomic E-state index is 0.200. The van der Waals surface area contributed by atoms with Crippen molar-refractivity contribution in [1.29, 1.82) is 0 Å². The number of rotatable bonds is 2. The summed E-state index contributed by atoms with van der Waals surface area (Å²) in [6, 6.07) is -0.240. The molecule has 1 fully saturated rings. The van der Waals surface area contributed by atoms with Crippen LogP contribution in [0.15, 0.2) is 0 Å². The Kier molecular flexibility index (Phi) is 4.77. The molecule has 0 bridgehead atoms. The van der Waals surface area contributed by atoms with E-state index in [0.29, 0.717) is 0 Å². The molecule has 0 aromatic carbocycles. The number of alkyl halides is 3. The topological polar surface area (TPSA) is 38.3 Å². The maximum Gasteiger partial charge on any atom is 0.323 e. The van der Waals surface area contributed by atoms with E-state index in [1.54, 1.807) is 0 Å². The van der Waals surface area contributed by atoms with Gasteiger partial charge in [0.05, 0.1) is 0 Å². The lowest BCUT2D eigenvalue weighted by Gasteiger charge is -2.22. The van der Waals surface area contributed by atoms with Crippen molar-refractivity contribution < 1.29 is 9.53 Å². The quantitative estimate of drug-likeness (QED) is 0.610. The van der Waals surface area contributed by atoms with Crippen molar-refractivity contribution in [2.75, 3.05) is 13.2 Å². The molecule has 0 aromatic heterocycles. The number of ether oxygens (including phenoxy) is 1. The molecular weight excluding hydrogens is 248 g/mol. The molecule has 1 aliphatic heterocycles. The normalized spacial score (nSPS) is 23.2. The van der Waals surface area contributed by atoms with E-state index < -0.39 is 3.79 Å². The lowest BCUT2D eigenvalue weighted by atomic mass is 10.1. The zero-order chi connectivity index (χ0) is 10.6. The third kappa shape index (κ3) is 4.69. The number of hydrogen-bond donors (Lipinski definition) is 1. The van der Waals surface area contributed by atoms with Crippen molar-refractivity contribution >= 4 is 40.8 Å². The van der Waals surface area contributed by atoms with Gasteiger partial charge in [0, 0.05) is 0 Å². The van der Waals surface area contributed by atoms with E-state index in [2.05, 4.69) is 5.32 Å². The number of hydrogen-bond acceptors (Lipinski definition) is 3. The molecule has 0 radical (unpaired) electrons. The molecule has 6 heteroatoms. The molecule has 0 saturated carbocycles. The van der Waals surface area contributed by atoms with Gasteiger partial charge >= 0.3 is 5.97 Å². The third-order valence-corrected chi connectivity index (χ3v) is 2.30. The first kappa shape index (κ1) is 12.4. The fraction of sp³-hybridized carbons (Fsp3) is 0.875. The molecule has 1 rings (SSSR count). The highest BCUT2D eigenvalue weighted by Gasteiger charge is 2.26. The van der Waals surface area contributed by atoms with Crippen molar-refractivity contribution in [2.24, 2.45) is 0 Å². The molecule has 82 valence electrons. The average Bonchev–Trinajstić information content (AvgIpc) is 2.14. The number of esters is 1. The highest BCUT2D eigenvalue weighted by Crippen LogP contribution is 2.26. The average molecular weight is 261 g/mol. The largest absolute Gasteiger partial charge is 0.460 e. The van der Waals surface area contributed by atoms with Gasteiger partial charge < -0.3 is 10.1 Å². The van der Waals surface area contributed by atoms with Gasteiger partial charge in [-0.3, -0.25) is 4.79 Å². The van der Waals surface area contributed by atoms with Crippen LogP contribution in [0.1, 0.15) is 19.3 Å². The minimum Gasteiger partial charge on any atom is -0.460 e. The van der Waals surface area contributed by atoms with Gasteiger partial charge in [-0.05, 0) is 19.4 Å². The Hall–Kier alpha value is 0.300. The summed E-state index contributed by atoms with van der Waals surface area (Å²) in [6.45, 7) is 0.641. The van der Waals surface area contributed by atoms with Gasteiger partial charge in [-0.1, -0.05) is 41.2 Å². The van der Waals surface area contributed by atoms with Crippen molar-refractivity contribution in [3.05, 3.63) is 0 Å². The van der Waals surface area contributed by atoms with E-state index in [9.17, 15) is 4.79 Å². The zero-order valence-electron chi connectivity index (χ0n) is 7.56. The number of piperidine rings is 1. The van der Waals surface area contributed by atoms with Crippen LogP contribution in [0.25, 0.3) is 0 Å². The summed E-state index contributed by atoms with van der Waals surface area (Å²) in [5.74, 6) is -0.337. The molecule has 1 saturated heterocycles. The second-order valence-electron chi connectivity index (χ2n) is 3.23. The van der Waals surface area contributed by atoms with Crippen molar-refractivity contribution in [3.63, 3.8) is 0 Å².